The number of amides is 2. The Bertz CT molecular complexity index is 713. The van der Waals surface area contributed by atoms with Crippen molar-refractivity contribution in [3.05, 3.63) is 41.6 Å². The van der Waals surface area contributed by atoms with Crippen molar-refractivity contribution in [3.63, 3.8) is 0 Å². The number of hydrogen-bond acceptors (Lipinski definition) is 3. The molecule has 126 valence electrons. The minimum absolute atomic E-state index is 0.0880. The van der Waals surface area contributed by atoms with Crippen LogP contribution in [0.25, 0.3) is 6.08 Å². The number of carboxylic acid groups (broad SMARTS) is 1. The molecule has 0 bridgehead atoms. The topological polar surface area (TPSA) is 77.9 Å². The van der Waals surface area contributed by atoms with Gasteiger partial charge in [0.1, 0.15) is 6.04 Å². The van der Waals surface area contributed by atoms with E-state index in [1.165, 1.54) is 11.8 Å². The molecule has 0 aromatic heterocycles. The van der Waals surface area contributed by atoms with Crippen LogP contribution in [0.2, 0.25) is 0 Å². The highest BCUT2D eigenvalue weighted by atomic mass is 16.4. The maximum absolute atomic E-state index is 12.7. The summed E-state index contributed by atoms with van der Waals surface area (Å²) in [6.07, 6.45) is 4.82. The van der Waals surface area contributed by atoms with Gasteiger partial charge in [-0.2, -0.15) is 0 Å². The van der Waals surface area contributed by atoms with Gasteiger partial charge >= 0.3 is 5.97 Å². The van der Waals surface area contributed by atoms with Gasteiger partial charge in [0.05, 0.1) is 12.5 Å². The fourth-order valence-corrected chi connectivity index (χ4v) is 3.52. The fraction of sp³-hybridized carbons (Fsp3) is 0.389. The Balaban J connectivity index is 1.86. The number of carbonyl (C=O) groups excluding carboxylic acids is 2. The first-order chi connectivity index (χ1) is 11.5. The molecule has 1 aromatic rings. The predicted molar refractivity (Wildman–Crippen MR) is 87.7 cm³/mol. The lowest BCUT2D eigenvalue weighted by Crippen LogP contribution is -2.42. The van der Waals surface area contributed by atoms with Gasteiger partial charge in [0.25, 0.3) is 0 Å². The van der Waals surface area contributed by atoms with E-state index in [0.29, 0.717) is 19.4 Å². The van der Waals surface area contributed by atoms with Crippen molar-refractivity contribution in [2.24, 2.45) is 0 Å². The zero-order chi connectivity index (χ0) is 17.3. The maximum atomic E-state index is 12.7. The molecule has 2 aliphatic rings. The summed E-state index contributed by atoms with van der Waals surface area (Å²) in [7, 11) is 0. The SMILES string of the molecule is CC(=O)N1C=Cc2ccccc2C1CC(=O)N1CCC[C@@H]1C(=O)O. The first-order valence-electron chi connectivity index (χ1n) is 8.07. The van der Waals surface area contributed by atoms with E-state index in [1.54, 1.807) is 11.1 Å². The van der Waals surface area contributed by atoms with Crippen LogP contribution in [0.15, 0.2) is 30.5 Å². The standard InChI is InChI=1S/C18H20N2O4/c1-12(21)19-10-8-13-5-2-3-6-14(13)16(19)11-17(22)20-9-4-7-15(20)18(23)24/h2-3,5-6,8,10,15-16H,4,7,9,11H2,1H3,(H,23,24)/t15-,16?/m1/s1. The molecule has 2 amide bonds. The third kappa shape index (κ3) is 2.91. The first kappa shape index (κ1) is 16.2. The van der Waals surface area contributed by atoms with Crippen LogP contribution in [0.5, 0.6) is 0 Å². The van der Waals surface area contributed by atoms with Crippen molar-refractivity contribution in [1.29, 1.82) is 0 Å². The Hall–Kier alpha value is -2.63. The van der Waals surface area contributed by atoms with Crippen molar-refractivity contribution in [2.45, 2.75) is 38.3 Å². The molecule has 1 N–H and O–H groups in total. The Morgan fingerprint density at radius 2 is 2.00 bits per heavy atom. The smallest absolute Gasteiger partial charge is 0.326 e. The highest BCUT2D eigenvalue weighted by Crippen LogP contribution is 2.34. The molecule has 0 spiro atoms. The summed E-state index contributed by atoms with van der Waals surface area (Å²) >= 11 is 0. The molecule has 2 heterocycles. The number of carbonyl (C=O) groups is 3. The summed E-state index contributed by atoms with van der Waals surface area (Å²) < 4.78 is 0. The molecule has 0 radical (unpaired) electrons. The predicted octanol–water partition coefficient (Wildman–Crippen LogP) is 2.03. The minimum atomic E-state index is -0.965. The van der Waals surface area contributed by atoms with Crippen LogP contribution >= 0.6 is 0 Å². The van der Waals surface area contributed by atoms with E-state index in [0.717, 1.165) is 11.1 Å². The van der Waals surface area contributed by atoms with Gasteiger partial charge in [0.2, 0.25) is 11.8 Å². The number of rotatable bonds is 3. The zero-order valence-electron chi connectivity index (χ0n) is 13.5. The van der Waals surface area contributed by atoms with E-state index in [1.807, 2.05) is 30.3 Å². The molecule has 6 nitrogen and oxygen atoms in total. The minimum Gasteiger partial charge on any atom is -0.480 e. The zero-order valence-corrected chi connectivity index (χ0v) is 13.5. The third-order valence-electron chi connectivity index (χ3n) is 4.70. The number of aliphatic carboxylic acids is 1. The molecule has 6 heteroatoms. The van der Waals surface area contributed by atoms with E-state index >= 15 is 0 Å². The molecule has 3 rings (SSSR count). The molecule has 2 aliphatic heterocycles. The van der Waals surface area contributed by atoms with Crippen LogP contribution in [-0.4, -0.2) is 45.3 Å². The lowest BCUT2D eigenvalue weighted by Gasteiger charge is -2.33. The van der Waals surface area contributed by atoms with E-state index in [4.69, 9.17) is 0 Å². The lowest BCUT2D eigenvalue weighted by molar-refractivity contribution is -0.149. The number of fused-ring (bicyclic) bond motifs is 1. The van der Waals surface area contributed by atoms with Crippen LogP contribution in [0.3, 0.4) is 0 Å². The van der Waals surface area contributed by atoms with Gasteiger partial charge in [0, 0.05) is 19.7 Å². The van der Waals surface area contributed by atoms with Gasteiger partial charge in [-0.15, -0.1) is 0 Å². The van der Waals surface area contributed by atoms with Crippen molar-refractivity contribution < 1.29 is 19.5 Å². The summed E-state index contributed by atoms with van der Waals surface area (Å²) in [5, 5.41) is 9.27. The average Bonchev–Trinajstić information content (AvgIpc) is 3.04. The van der Waals surface area contributed by atoms with Crippen LogP contribution in [0, 0.1) is 0 Å². The number of hydrogen-bond donors (Lipinski definition) is 1. The van der Waals surface area contributed by atoms with Crippen molar-refractivity contribution in [2.75, 3.05) is 6.54 Å². The average molecular weight is 328 g/mol. The molecule has 24 heavy (non-hydrogen) atoms. The van der Waals surface area contributed by atoms with Gasteiger partial charge in [-0.1, -0.05) is 24.3 Å². The second-order valence-corrected chi connectivity index (χ2v) is 6.17. The highest BCUT2D eigenvalue weighted by molar-refractivity contribution is 5.86. The van der Waals surface area contributed by atoms with Crippen molar-refractivity contribution in [1.82, 2.24) is 9.80 Å². The van der Waals surface area contributed by atoms with E-state index in [9.17, 15) is 19.5 Å². The second kappa shape index (κ2) is 6.47. The monoisotopic (exact) mass is 328 g/mol. The Kier molecular flexibility index (Phi) is 4.38. The van der Waals surface area contributed by atoms with Crippen LogP contribution in [0.1, 0.15) is 43.4 Å². The summed E-state index contributed by atoms with van der Waals surface area (Å²) in [4.78, 5) is 38.9. The van der Waals surface area contributed by atoms with Crippen LogP contribution < -0.4 is 0 Å². The second-order valence-electron chi connectivity index (χ2n) is 6.17. The summed E-state index contributed by atoms with van der Waals surface area (Å²) in [5.41, 5.74) is 1.89. The van der Waals surface area contributed by atoms with Gasteiger partial charge in [-0.3, -0.25) is 9.59 Å². The Labute approximate surface area is 140 Å². The van der Waals surface area contributed by atoms with Gasteiger partial charge < -0.3 is 14.9 Å². The van der Waals surface area contributed by atoms with E-state index < -0.39 is 18.1 Å². The molecule has 1 unspecified atom stereocenters. The molecule has 1 aromatic carbocycles. The molecule has 1 saturated heterocycles. The van der Waals surface area contributed by atoms with Gasteiger partial charge in [0.15, 0.2) is 0 Å². The number of carboxylic acids is 1. The molecule has 0 aliphatic carbocycles. The highest BCUT2D eigenvalue weighted by Gasteiger charge is 2.36. The van der Waals surface area contributed by atoms with Crippen molar-refractivity contribution in [3.8, 4) is 0 Å². The number of likely N-dealkylation sites (tertiary alicyclic amines) is 1. The normalized spacial score (nSPS) is 22.4. The third-order valence-corrected chi connectivity index (χ3v) is 4.70. The van der Waals surface area contributed by atoms with E-state index in [-0.39, 0.29) is 18.2 Å². The largest absolute Gasteiger partial charge is 0.480 e. The van der Waals surface area contributed by atoms with Crippen LogP contribution in [-0.2, 0) is 14.4 Å². The molecular weight excluding hydrogens is 308 g/mol. The maximum Gasteiger partial charge on any atom is 0.326 e. The Morgan fingerprint density at radius 3 is 2.71 bits per heavy atom. The van der Waals surface area contributed by atoms with E-state index in [2.05, 4.69) is 0 Å². The Morgan fingerprint density at radius 1 is 1.25 bits per heavy atom. The first-order valence-corrected chi connectivity index (χ1v) is 8.07. The molecule has 1 fully saturated rings. The molecule has 2 atom stereocenters. The van der Waals surface area contributed by atoms with Gasteiger partial charge in [-0.25, -0.2) is 4.79 Å². The fourth-order valence-electron chi connectivity index (χ4n) is 3.52. The summed E-state index contributed by atoms with van der Waals surface area (Å²) in [6.45, 7) is 1.92. The molecular formula is C18H20N2O4. The van der Waals surface area contributed by atoms with Gasteiger partial charge in [-0.05, 0) is 30.0 Å². The number of benzene rings is 1. The lowest BCUT2D eigenvalue weighted by atomic mass is 9.93. The number of nitrogens with zero attached hydrogens (tertiary/aromatic N) is 2. The summed E-state index contributed by atoms with van der Waals surface area (Å²) in [6, 6.07) is 6.49. The van der Waals surface area contributed by atoms with Crippen molar-refractivity contribution >= 4 is 23.9 Å². The summed E-state index contributed by atoms with van der Waals surface area (Å²) in [5.74, 6) is -1.33. The van der Waals surface area contributed by atoms with Crippen LogP contribution in [0.4, 0.5) is 0 Å². The quantitative estimate of drug-likeness (QED) is 0.921. The molecule has 0 saturated carbocycles.